The van der Waals surface area contributed by atoms with E-state index in [1.165, 1.54) is 0 Å². The summed E-state index contributed by atoms with van der Waals surface area (Å²) in [6.45, 7) is 11.8. The quantitative estimate of drug-likeness (QED) is 0.545. The molecule has 0 aliphatic heterocycles. The molecular weight excluding hydrogens is 138 g/mol. The number of carbonyl (C=O) groups excluding carboxylic acids is 1. The van der Waals surface area contributed by atoms with Crippen molar-refractivity contribution in [1.29, 1.82) is 0 Å². The fourth-order valence-corrected chi connectivity index (χ4v) is 0.748. The van der Waals surface area contributed by atoms with E-state index in [0.29, 0.717) is 19.5 Å². The third-order valence-corrected chi connectivity index (χ3v) is 1.27. The number of carbonyl (C=O) groups is 1. The summed E-state index contributed by atoms with van der Waals surface area (Å²) in [4.78, 5) is 12.7. The molecule has 0 rings (SSSR count). The normalized spacial score (nSPS) is 8.82. The minimum absolute atomic E-state index is 0.0322. The first-order chi connectivity index (χ1) is 5.26. The van der Waals surface area contributed by atoms with E-state index in [-0.39, 0.29) is 5.91 Å². The molecular formula is C9H14NO. The third-order valence-electron chi connectivity index (χ3n) is 1.27. The second-order valence-corrected chi connectivity index (χ2v) is 2.13. The summed E-state index contributed by atoms with van der Waals surface area (Å²) in [5.74, 6) is 0.0322. The molecule has 0 aromatic heterocycles. The van der Waals surface area contributed by atoms with Crippen molar-refractivity contribution in [1.82, 2.24) is 4.90 Å². The number of hydrogen-bond acceptors (Lipinski definition) is 1. The summed E-state index contributed by atoms with van der Waals surface area (Å²) in [5.41, 5.74) is 0. The van der Waals surface area contributed by atoms with Crippen molar-refractivity contribution >= 4 is 5.91 Å². The lowest BCUT2D eigenvalue weighted by Crippen LogP contribution is -2.30. The van der Waals surface area contributed by atoms with Crippen molar-refractivity contribution in [3.63, 3.8) is 0 Å². The van der Waals surface area contributed by atoms with Crippen molar-refractivity contribution in [2.24, 2.45) is 0 Å². The molecule has 2 nitrogen and oxygen atoms in total. The summed E-state index contributed by atoms with van der Waals surface area (Å²) in [7, 11) is 0. The highest BCUT2D eigenvalue weighted by molar-refractivity contribution is 5.76. The lowest BCUT2D eigenvalue weighted by molar-refractivity contribution is -0.129. The molecule has 0 atom stereocenters. The summed E-state index contributed by atoms with van der Waals surface area (Å²) >= 11 is 0. The molecule has 0 heterocycles. The predicted octanol–water partition coefficient (Wildman–Crippen LogP) is 1.41. The average molecular weight is 152 g/mol. The highest BCUT2D eigenvalue weighted by Crippen LogP contribution is 1.93. The Balaban J connectivity index is 3.95. The van der Waals surface area contributed by atoms with E-state index in [1.54, 1.807) is 17.1 Å². The molecule has 2 heteroatoms. The molecule has 0 aromatic rings. The second-order valence-electron chi connectivity index (χ2n) is 2.13. The van der Waals surface area contributed by atoms with Gasteiger partial charge < -0.3 is 4.90 Å². The van der Waals surface area contributed by atoms with Crippen LogP contribution in [0.1, 0.15) is 6.42 Å². The maximum absolute atomic E-state index is 11.1. The van der Waals surface area contributed by atoms with E-state index in [9.17, 15) is 4.79 Å². The van der Waals surface area contributed by atoms with Gasteiger partial charge in [0.1, 0.15) is 0 Å². The molecule has 0 aromatic carbocycles. The van der Waals surface area contributed by atoms with E-state index in [0.717, 1.165) is 0 Å². The standard InChI is InChI=1S/C9H14NO/c1-4-7-10(8-5-2)9(11)6-3/h4-5H,1-3,6-8H2. The molecule has 0 aliphatic rings. The minimum Gasteiger partial charge on any atom is -0.335 e. The van der Waals surface area contributed by atoms with E-state index in [2.05, 4.69) is 20.1 Å². The fraction of sp³-hybridized carbons (Fsp3) is 0.333. The van der Waals surface area contributed by atoms with E-state index in [4.69, 9.17) is 0 Å². The van der Waals surface area contributed by atoms with Gasteiger partial charge in [-0.05, 0) is 6.92 Å². The van der Waals surface area contributed by atoms with Crippen LogP contribution in [0, 0.1) is 6.92 Å². The molecule has 0 saturated carbocycles. The van der Waals surface area contributed by atoms with E-state index in [1.807, 2.05) is 0 Å². The van der Waals surface area contributed by atoms with E-state index >= 15 is 0 Å². The Kier molecular flexibility index (Phi) is 5.17. The van der Waals surface area contributed by atoms with Crippen molar-refractivity contribution in [3.8, 4) is 0 Å². The number of amides is 1. The number of rotatable bonds is 5. The van der Waals surface area contributed by atoms with Crippen LogP contribution in [0.4, 0.5) is 0 Å². The zero-order valence-electron chi connectivity index (χ0n) is 6.75. The Morgan fingerprint density at radius 3 is 2.00 bits per heavy atom. The van der Waals surface area contributed by atoms with Crippen LogP contribution in [0.3, 0.4) is 0 Å². The van der Waals surface area contributed by atoms with Crippen LogP contribution in [-0.4, -0.2) is 23.9 Å². The Morgan fingerprint density at radius 1 is 1.27 bits per heavy atom. The van der Waals surface area contributed by atoms with Crippen LogP contribution < -0.4 is 0 Å². The molecule has 61 valence electrons. The molecule has 0 aliphatic carbocycles. The van der Waals surface area contributed by atoms with Gasteiger partial charge in [-0.1, -0.05) is 12.2 Å². The second kappa shape index (κ2) is 5.71. The molecule has 0 N–H and O–H groups in total. The Hall–Kier alpha value is -1.05. The highest BCUT2D eigenvalue weighted by Gasteiger charge is 2.05. The summed E-state index contributed by atoms with van der Waals surface area (Å²) in [5, 5.41) is 0. The topological polar surface area (TPSA) is 20.3 Å². The van der Waals surface area contributed by atoms with Crippen LogP contribution in [0.25, 0.3) is 0 Å². The van der Waals surface area contributed by atoms with Gasteiger partial charge in [0, 0.05) is 19.5 Å². The van der Waals surface area contributed by atoms with Crippen molar-refractivity contribution in [3.05, 3.63) is 32.2 Å². The van der Waals surface area contributed by atoms with Crippen molar-refractivity contribution < 1.29 is 4.79 Å². The Labute approximate surface area is 68.2 Å². The van der Waals surface area contributed by atoms with Gasteiger partial charge in [0.25, 0.3) is 0 Å². The lowest BCUT2D eigenvalue weighted by Gasteiger charge is -2.17. The monoisotopic (exact) mass is 152 g/mol. The first-order valence-corrected chi connectivity index (χ1v) is 3.55. The number of hydrogen-bond donors (Lipinski definition) is 0. The Morgan fingerprint density at radius 2 is 1.73 bits per heavy atom. The smallest absolute Gasteiger partial charge is 0.223 e. The van der Waals surface area contributed by atoms with Gasteiger partial charge in [-0.2, -0.15) is 0 Å². The molecule has 0 unspecified atom stereocenters. The van der Waals surface area contributed by atoms with Gasteiger partial charge in [0.2, 0.25) is 5.91 Å². The summed E-state index contributed by atoms with van der Waals surface area (Å²) in [6, 6.07) is 0. The maximum atomic E-state index is 11.1. The lowest BCUT2D eigenvalue weighted by atomic mass is 10.3. The molecule has 1 radical (unpaired) electrons. The zero-order valence-corrected chi connectivity index (χ0v) is 6.75. The van der Waals surface area contributed by atoms with Crippen molar-refractivity contribution in [2.75, 3.05) is 13.1 Å². The molecule has 11 heavy (non-hydrogen) atoms. The van der Waals surface area contributed by atoms with Gasteiger partial charge >= 0.3 is 0 Å². The van der Waals surface area contributed by atoms with Crippen LogP contribution in [0.5, 0.6) is 0 Å². The molecule has 0 bridgehead atoms. The third kappa shape index (κ3) is 3.61. The molecule has 1 amide bonds. The maximum Gasteiger partial charge on any atom is 0.223 e. The number of nitrogens with zero attached hydrogens (tertiary/aromatic N) is 1. The molecule has 0 spiro atoms. The zero-order chi connectivity index (χ0) is 8.69. The average Bonchev–Trinajstić information content (AvgIpc) is 2.03. The van der Waals surface area contributed by atoms with Gasteiger partial charge in [-0.25, -0.2) is 0 Å². The molecule has 0 saturated heterocycles. The van der Waals surface area contributed by atoms with Gasteiger partial charge in [-0.3, -0.25) is 4.79 Å². The SMILES string of the molecule is [CH2]CC(=O)N(CC=C)CC=C. The summed E-state index contributed by atoms with van der Waals surface area (Å²) < 4.78 is 0. The van der Waals surface area contributed by atoms with Crippen LogP contribution in [-0.2, 0) is 4.79 Å². The van der Waals surface area contributed by atoms with Crippen LogP contribution in [0.2, 0.25) is 0 Å². The highest BCUT2D eigenvalue weighted by atomic mass is 16.2. The summed E-state index contributed by atoms with van der Waals surface area (Å²) in [6.07, 6.45) is 3.68. The van der Waals surface area contributed by atoms with Crippen molar-refractivity contribution in [2.45, 2.75) is 6.42 Å². The first-order valence-electron chi connectivity index (χ1n) is 3.55. The van der Waals surface area contributed by atoms with Crippen LogP contribution in [0.15, 0.2) is 25.3 Å². The fourth-order valence-electron chi connectivity index (χ4n) is 0.748. The predicted molar refractivity (Wildman–Crippen MR) is 46.9 cm³/mol. The Bertz CT molecular complexity index is 142. The van der Waals surface area contributed by atoms with E-state index < -0.39 is 0 Å². The first kappa shape index (κ1) is 9.95. The van der Waals surface area contributed by atoms with Gasteiger partial charge in [0.15, 0.2) is 0 Å². The molecule has 0 fully saturated rings. The van der Waals surface area contributed by atoms with Gasteiger partial charge in [-0.15, -0.1) is 13.2 Å². The minimum atomic E-state index is 0.0322. The van der Waals surface area contributed by atoms with Crippen LogP contribution >= 0.6 is 0 Å². The van der Waals surface area contributed by atoms with Gasteiger partial charge in [0.05, 0.1) is 0 Å². The largest absolute Gasteiger partial charge is 0.335 e.